The topological polar surface area (TPSA) is 72.7 Å². The van der Waals surface area contributed by atoms with Gasteiger partial charge >= 0.3 is 6.18 Å². The van der Waals surface area contributed by atoms with E-state index in [9.17, 15) is 18.0 Å². The molecule has 206 valence electrons. The van der Waals surface area contributed by atoms with Crippen molar-refractivity contribution in [1.29, 1.82) is 5.26 Å². The van der Waals surface area contributed by atoms with E-state index in [0.717, 1.165) is 43.7 Å². The largest absolute Gasteiger partial charge is 0.490 e. The Morgan fingerprint density at radius 2 is 1.90 bits per heavy atom. The van der Waals surface area contributed by atoms with E-state index < -0.39 is 23.0 Å². The van der Waals surface area contributed by atoms with E-state index in [-0.39, 0.29) is 23.5 Å². The van der Waals surface area contributed by atoms with Crippen molar-refractivity contribution < 1.29 is 22.7 Å². The van der Waals surface area contributed by atoms with Crippen LogP contribution in [0.15, 0.2) is 48.9 Å². The standard InChI is InChI=1S/C29H32F3N5O2/c1-5-20-14-24(13-18(2)35(20)4)39-23-9-7-21(8-10-23)37-19(3)36(27(38)28(37)11-6-12-28)22-15-25(29(30,31)32)26(16-33)34-17-22/h7-10,15,17-18,20,24H,3,5-6,11-14H2,1-2,4H3/t18-,20+,24-/m1/s1. The smallest absolute Gasteiger partial charge is 0.419 e. The Kier molecular flexibility index (Phi) is 6.83. The van der Waals surface area contributed by atoms with Gasteiger partial charge in [-0.05, 0) is 82.8 Å². The van der Waals surface area contributed by atoms with Crippen molar-refractivity contribution in [2.75, 3.05) is 16.8 Å². The van der Waals surface area contributed by atoms with Gasteiger partial charge in [0.1, 0.15) is 29.3 Å². The van der Waals surface area contributed by atoms with Crippen LogP contribution in [0.4, 0.5) is 24.5 Å². The van der Waals surface area contributed by atoms with E-state index in [1.165, 1.54) is 11.0 Å². The Morgan fingerprint density at radius 3 is 2.46 bits per heavy atom. The Balaban J connectivity index is 1.41. The molecule has 5 rings (SSSR count). The van der Waals surface area contributed by atoms with Gasteiger partial charge in [0.25, 0.3) is 5.91 Å². The van der Waals surface area contributed by atoms with Gasteiger partial charge in [-0.15, -0.1) is 0 Å². The molecule has 10 heteroatoms. The molecule has 1 spiro atoms. The Morgan fingerprint density at radius 1 is 1.21 bits per heavy atom. The minimum Gasteiger partial charge on any atom is -0.490 e. The molecule has 1 aliphatic carbocycles. The number of pyridine rings is 1. The number of hydrogen-bond acceptors (Lipinski definition) is 6. The van der Waals surface area contributed by atoms with Crippen molar-refractivity contribution in [2.45, 2.75) is 82.3 Å². The molecule has 3 atom stereocenters. The number of aromatic nitrogens is 1. The van der Waals surface area contributed by atoms with E-state index >= 15 is 0 Å². The number of carbonyl (C=O) groups is 1. The van der Waals surface area contributed by atoms with Crippen LogP contribution in [0.5, 0.6) is 5.75 Å². The second-order valence-corrected chi connectivity index (χ2v) is 10.8. The summed E-state index contributed by atoms with van der Waals surface area (Å²) in [6.45, 7) is 8.50. The van der Waals surface area contributed by atoms with Gasteiger partial charge in [0.15, 0.2) is 5.69 Å². The van der Waals surface area contributed by atoms with Crippen LogP contribution in [0, 0.1) is 11.3 Å². The van der Waals surface area contributed by atoms with Crippen LogP contribution in [0.25, 0.3) is 0 Å². The van der Waals surface area contributed by atoms with Crippen molar-refractivity contribution in [1.82, 2.24) is 9.88 Å². The molecule has 0 radical (unpaired) electrons. The molecule has 1 amide bonds. The van der Waals surface area contributed by atoms with Crippen LogP contribution in [0.3, 0.4) is 0 Å². The molecule has 1 aromatic carbocycles. The van der Waals surface area contributed by atoms with Crippen LogP contribution in [0.1, 0.15) is 63.6 Å². The highest BCUT2D eigenvalue weighted by Gasteiger charge is 2.59. The second-order valence-electron chi connectivity index (χ2n) is 10.8. The number of alkyl halides is 3. The molecule has 3 heterocycles. The molecule has 2 aromatic rings. The molecule has 0 bridgehead atoms. The number of hydrogen-bond donors (Lipinski definition) is 0. The molecule has 7 nitrogen and oxygen atoms in total. The molecule has 1 saturated carbocycles. The van der Waals surface area contributed by atoms with E-state index in [0.29, 0.717) is 30.6 Å². The van der Waals surface area contributed by atoms with Gasteiger partial charge in [0, 0.05) is 17.8 Å². The molecular formula is C29H32F3N5O2. The zero-order valence-electron chi connectivity index (χ0n) is 22.3. The van der Waals surface area contributed by atoms with Gasteiger partial charge in [-0.2, -0.15) is 18.4 Å². The van der Waals surface area contributed by atoms with Crippen molar-refractivity contribution in [3.63, 3.8) is 0 Å². The molecule has 1 aromatic heterocycles. The van der Waals surface area contributed by atoms with E-state index in [2.05, 4.69) is 37.4 Å². The predicted molar refractivity (Wildman–Crippen MR) is 141 cm³/mol. The SMILES string of the molecule is C=C1N(c2cnc(C#N)c(C(F)(F)F)c2)C(=O)C2(CCC2)N1c1ccc(O[C@H]2C[C@H](CC)N(C)[C@H](C)C2)cc1. The van der Waals surface area contributed by atoms with Crippen LogP contribution >= 0.6 is 0 Å². The van der Waals surface area contributed by atoms with Crippen molar-refractivity contribution in [2.24, 2.45) is 0 Å². The fourth-order valence-corrected chi connectivity index (χ4v) is 6.15. The lowest BCUT2D eigenvalue weighted by molar-refractivity contribution is -0.138. The quantitative estimate of drug-likeness (QED) is 0.474. The fraction of sp³-hybridized carbons (Fsp3) is 0.483. The van der Waals surface area contributed by atoms with Crippen molar-refractivity contribution in [3.05, 3.63) is 60.2 Å². The molecule has 2 saturated heterocycles. The first-order valence-electron chi connectivity index (χ1n) is 13.3. The first kappa shape index (κ1) is 27.0. The minimum atomic E-state index is -4.79. The molecule has 3 aliphatic rings. The number of halogens is 3. The van der Waals surface area contributed by atoms with Gasteiger partial charge < -0.3 is 14.5 Å². The number of anilines is 2. The maximum atomic E-state index is 13.7. The third-order valence-electron chi connectivity index (χ3n) is 8.55. The molecule has 39 heavy (non-hydrogen) atoms. The number of likely N-dealkylation sites (tertiary alicyclic amines) is 1. The summed E-state index contributed by atoms with van der Waals surface area (Å²) in [6, 6.07) is 10.6. The van der Waals surface area contributed by atoms with Gasteiger partial charge in [-0.1, -0.05) is 13.5 Å². The normalized spacial score (nSPS) is 25.1. The third-order valence-corrected chi connectivity index (χ3v) is 8.55. The average molecular weight is 540 g/mol. The Labute approximate surface area is 226 Å². The summed E-state index contributed by atoms with van der Waals surface area (Å²) in [4.78, 5) is 22.8. The van der Waals surface area contributed by atoms with Gasteiger partial charge in [-0.25, -0.2) is 4.98 Å². The Hall–Kier alpha value is -3.58. The van der Waals surface area contributed by atoms with E-state index in [1.54, 1.807) is 0 Å². The van der Waals surface area contributed by atoms with Crippen LogP contribution in [-0.4, -0.2) is 46.6 Å². The maximum absolute atomic E-state index is 13.7. The molecule has 0 unspecified atom stereocenters. The van der Waals surface area contributed by atoms with Crippen molar-refractivity contribution >= 4 is 17.3 Å². The van der Waals surface area contributed by atoms with Gasteiger partial charge in [-0.3, -0.25) is 9.69 Å². The highest BCUT2D eigenvalue weighted by Crippen LogP contribution is 2.51. The third kappa shape index (κ3) is 4.52. The number of ether oxygens (including phenoxy) is 1. The lowest BCUT2D eigenvalue weighted by Gasteiger charge is -2.43. The van der Waals surface area contributed by atoms with Crippen LogP contribution in [-0.2, 0) is 11.0 Å². The average Bonchev–Trinajstić information content (AvgIpc) is 3.12. The zero-order chi connectivity index (χ0) is 28.1. The summed E-state index contributed by atoms with van der Waals surface area (Å²) in [6.07, 6.45) is 1.31. The van der Waals surface area contributed by atoms with Crippen molar-refractivity contribution in [3.8, 4) is 11.8 Å². The van der Waals surface area contributed by atoms with Gasteiger partial charge in [0.2, 0.25) is 0 Å². The summed E-state index contributed by atoms with van der Waals surface area (Å²) in [5.74, 6) is 0.643. The minimum absolute atomic E-state index is 0.0630. The fourth-order valence-electron chi connectivity index (χ4n) is 6.15. The number of benzene rings is 1. The summed E-state index contributed by atoms with van der Waals surface area (Å²) in [5, 5.41) is 9.11. The lowest BCUT2D eigenvalue weighted by atomic mass is 9.75. The van der Waals surface area contributed by atoms with Crippen LogP contribution in [0.2, 0.25) is 0 Å². The number of piperidine rings is 1. The highest BCUT2D eigenvalue weighted by atomic mass is 19.4. The first-order valence-corrected chi connectivity index (χ1v) is 13.3. The predicted octanol–water partition coefficient (Wildman–Crippen LogP) is 5.86. The zero-order valence-corrected chi connectivity index (χ0v) is 22.3. The summed E-state index contributed by atoms with van der Waals surface area (Å²) in [5.41, 5.74) is -2.18. The number of amides is 1. The first-order chi connectivity index (χ1) is 18.5. The highest BCUT2D eigenvalue weighted by molar-refractivity contribution is 6.10. The number of rotatable bonds is 5. The molecule has 0 N–H and O–H groups in total. The van der Waals surface area contributed by atoms with Gasteiger partial charge in [0.05, 0.1) is 17.4 Å². The monoisotopic (exact) mass is 539 g/mol. The number of carbonyl (C=O) groups excluding carboxylic acids is 1. The Bertz CT molecular complexity index is 1320. The second kappa shape index (κ2) is 9.87. The number of nitriles is 1. The molecule has 3 fully saturated rings. The summed E-state index contributed by atoms with van der Waals surface area (Å²) < 4.78 is 47.2. The van der Waals surface area contributed by atoms with E-state index in [4.69, 9.17) is 10.00 Å². The van der Waals surface area contributed by atoms with Crippen LogP contribution < -0.4 is 14.5 Å². The number of nitrogens with zero attached hydrogens (tertiary/aromatic N) is 5. The van der Waals surface area contributed by atoms with E-state index in [1.807, 2.05) is 29.2 Å². The molecular weight excluding hydrogens is 507 g/mol. The summed E-state index contributed by atoms with van der Waals surface area (Å²) >= 11 is 0. The molecule has 2 aliphatic heterocycles. The maximum Gasteiger partial charge on any atom is 0.419 e. The summed E-state index contributed by atoms with van der Waals surface area (Å²) in [7, 11) is 2.16. The lowest BCUT2D eigenvalue weighted by Crippen LogP contribution is -2.54.